The Morgan fingerprint density at radius 2 is 1.84 bits per heavy atom. The van der Waals surface area contributed by atoms with E-state index in [1.807, 2.05) is 43.6 Å². The number of hydrogen-bond acceptors (Lipinski definition) is 3. The third-order valence-electron chi connectivity index (χ3n) is 3.65. The van der Waals surface area contributed by atoms with Crippen LogP contribution in [0.25, 0.3) is 5.69 Å². The minimum absolute atomic E-state index is 0.271. The van der Waals surface area contributed by atoms with Gasteiger partial charge in [-0.1, -0.05) is 44.9 Å². The van der Waals surface area contributed by atoms with E-state index in [9.17, 15) is 0 Å². The molecule has 0 aliphatic rings. The molecule has 0 aliphatic heterocycles. The van der Waals surface area contributed by atoms with E-state index in [-0.39, 0.29) is 6.04 Å². The van der Waals surface area contributed by atoms with Crippen molar-refractivity contribution in [1.82, 2.24) is 20.3 Å². The van der Waals surface area contributed by atoms with Crippen LogP contribution in [0.5, 0.6) is 0 Å². The molecule has 4 nitrogen and oxygen atoms in total. The Labute approximate surface area is 114 Å². The molecule has 1 heterocycles. The van der Waals surface area contributed by atoms with Gasteiger partial charge in [-0.15, -0.1) is 0 Å². The Balaban J connectivity index is 2.24. The van der Waals surface area contributed by atoms with E-state index in [0.29, 0.717) is 5.92 Å². The SMILES string of the molecule is CCC(CC)C(NC)c1cnn(-c2ccccc2)n1. The van der Waals surface area contributed by atoms with Crippen molar-refractivity contribution in [3.8, 4) is 5.69 Å². The van der Waals surface area contributed by atoms with Gasteiger partial charge >= 0.3 is 0 Å². The zero-order valence-corrected chi connectivity index (χ0v) is 11.9. The highest BCUT2D eigenvalue weighted by atomic mass is 15.5. The fourth-order valence-corrected chi connectivity index (χ4v) is 2.49. The number of aromatic nitrogens is 3. The van der Waals surface area contributed by atoms with Gasteiger partial charge < -0.3 is 5.32 Å². The lowest BCUT2D eigenvalue weighted by molar-refractivity contribution is 0.352. The zero-order valence-electron chi connectivity index (χ0n) is 11.9. The summed E-state index contributed by atoms with van der Waals surface area (Å²) in [5.41, 5.74) is 2.01. The summed E-state index contributed by atoms with van der Waals surface area (Å²) >= 11 is 0. The second-order valence-electron chi connectivity index (χ2n) is 4.74. The molecule has 4 heteroatoms. The van der Waals surface area contributed by atoms with Crippen molar-refractivity contribution < 1.29 is 0 Å². The Bertz CT molecular complexity index is 488. The number of benzene rings is 1. The second-order valence-corrected chi connectivity index (χ2v) is 4.74. The molecule has 2 rings (SSSR count). The van der Waals surface area contributed by atoms with E-state index in [2.05, 4.69) is 29.4 Å². The van der Waals surface area contributed by atoms with Crippen LogP contribution in [0.15, 0.2) is 36.5 Å². The first kappa shape index (κ1) is 13.7. The topological polar surface area (TPSA) is 42.7 Å². The summed E-state index contributed by atoms with van der Waals surface area (Å²) in [4.78, 5) is 1.70. The summed E-state index contributed by atoms with van der Waals surface area (Å²) in [6, 6.07) is 10.3. The molecule has 0 bridgehead atoms. The van der Waals surface area contributed by atoms with Crippen molar-refractivity contribution in [3.63, 3.8) is 0 Å². The second kappa shape index (κ2) is 6.48. The maximum Gasteiger partial charge on any atom is 0.100 e. The molecule has 19 heavy (non-hydrogen) atoms. The smallest absolute Gasteiger partial charge is 0.100 e. The van der Waals surface area contributed by atoms with Gasteiger partial charge in [-0.25, -0.2) is 0 Å². The van der Waals surface area contributed by atoms with Gasteiger partial charge in [0.15, 0.2) is 0 Å². The van der Waals surface area contributed by atoms with Crippen LogP contribution < -0.4 is 5.32 Å². The summed E-state index contributed by atoms with van der Waals surface area (Å²) in [6.45, 7) is 4.44. The highest BCUT2D eigenvalue weighted by molar-refractivity contribution is 5.28. The third-order valence-corrected chi connectivity index (χ3v) is 3.65. The molecule has 1 aromatic heterocycles. The van der Waals surface area contributed by atoms with Crippen LogP contribution in [-0.2, 0) is 0 Å². The summed E-state index contributed by atoms with van der Waals surface area (Å²) in [7, 11) is 1.99. The van der Waals surface area contributed by atoms with Crippen LogP contribution in [-0.4, -0.2) is 22.0 Å². The van der Waals surface area contributed by atoms with Crippen LogP contribution in [0.2, 0.25) is 0 Å². The third kappa shape index (κ3) is 3.01. The zero-order chi connectivity index (χ0) is 13.7. The van der Waals surface area contributed by atoms with E-state index in [0.717, 1.165) is 24.2 Å². The molecule has 0 amide bonds. The van der Waals surface area contributed by atoms with E-state index >= 15 is 0 Å². The van der Waals surface area contributed by atoms with Crippen LogP contribution in [0.3, 0.4) is 0 Å². The first-order valence-corrected chi connectivity index (χ1v) is 6.95. The molecule has 2 aromatic rings. The fraction of sp³-hybridized carbons (Fsp3) is 0.467. The molecule has 0 fully saturated rings. The molecule has 0 saturated heterocycles. The van der Waals surface area contributed by atoms with Crippen LogP contribution in [0.4, 0.5) is 0 Å². The summed E-state index contributed by atoms with van der Waals surface area (Å²) < 4.78 is 0. The molecule has 0 saturated carbocycles. The van der Waals surface area contributed by atoms with Gasteiger partial charge in [0, 0.05) is 0 Å². The number of nitrogens with zero attached hydrogens (tertiary/aromatic N) is 3. The van der Waals surface area contributed by atoms with Crippen molar-refractivity contribution in [1.29, 1.82) is 0 Å². The quantitative estimate of drug-likeness (QED) is 0.866. The van der Waals surface area contributed by atoms with Gasteiger partial charge in [-0.2, -0.15) is 15.0 Å². The van der Waals surface area contributed by atoms with Crippen molar-refractivity contribution in [2.45, 2.75) is 32.7 Å². The molecular formula is C15H22N4. The van der Waals surface area contributed by atoms with Gasteiger partial charge in [-0.05, 0) is 25.1 Å². The molecule has 0 aliphatic carbocycles. The summed E-state index contributed by atoms with van der Waals surface area (Å²) in [5.74, 6) is 0.589. The Hall–Kier alpha value is -1.68. The number of para-hydroxylation sites is 1. The van der Waals surface area contributed by atoms with Gasteiger partial charge in [0.25, 0.3) is 0 Å². The average molecular weight is 258 g/mol. The molecule has 1 N–H and O–H groups in total. The normalized spacial score (nSPS) is 12.8. The van der Waals surface area contributed by atoms with Crippen molar-refractivity contribution >= 4 is 0 Å². The van der Waals surface area contributed by atoms with E-state index < -0.39 is 0 Å². The number of rotatable bonds is 6. The highest BCUT2D eigenvalue weighted by Gasteiger charge is 2.21. The lowest BCUT2D eigenvalue weighted by Crippen LogP contribution is -2.25. The predicted molar refractivity (Wildman–Crippen MR) is 77.2 cm³/mol. The average Bonchev–Trinajstić information content (AvgIpc) is 2.95. The number of nitrogens with one attached hydrogen (secondary N) is 1. The molecule has 1 unspecified atom stereocenters. The standard InChI is InChI=1S/C15H22N4/c1-4-12(5-2)15(16-3)14-11-17-19(18-14)13-9-7-6-8-10-13/h6-12,15-16H,4-5H2,1-3H3. The molecule has 1 atom stereocenters. The molecule has 0 spiro atoms. The Morgan fingerprint density at radius 1 is 1.16 bits per heavy atom. The van der Waals surface area contributed by atoms with Crippen LogP contribution >= 0.6 is 0 Å². The number of hydrogen-bond donors (Lipinski definition) is 1. The lowest BCUT2D eigenvalue weighted by atomic mass is 9.92. The Morgan fingerprint density at radius 3 is 2.42 bits per heavy atom. The largest absolute Gasteiger partial charge is 0.311 e. The monoisotopic (exact) mass is 258 g/mol. The maximum atomic E-state index is 4.61. The van der Waals surface area contributed by atoms with Crippen LogP contribution in [0.1, 0.15) is 38.4 Å². The summed E-state index contributed by atoms with van der Waals surface area (Å²) in [5, 5.41) is 12.4. The molecule has 0 radical (unpaired) electrons. The highest BCUT2D eigenvalue weighted by Crippen LogP contribution is 2.25. The molecule has 1 aromatic carbocycles. The van der Waals surface area contributed by atoms with Gasteiger partial charge in [0.1, 0.15) is 5.69 Å². The minimum atomic E-state index is 0.271. The molecular weight excluding hydrogens is 236 g/mol. The maximum absolute atomic E-state index is 4.61. The minimum Gasteiger partial charge on any atom is -0.311 e. The lowest BCUT2D eigenvalue weighted by Gasteiger charge is -2.22. The van der Waals surface area contributed by atoms with E-state index in [1.54, 1.807) is 4.80 Å². The predicted octanol–water partition coefficient (Wildman–Crippen LogP) is 2.96. The van der Waals surface area contributed by atoms with Crippen molar-refractivity contribution in [3.05, 3.63) is 42.2 Å². The van der Waals surface area contributed by atoms with E-state index in [1.165, 1.54) is 0 Å². The van der Waals surface area contributed by atoms with Gasteiger partial charge in [0.2, 0.25) is 0 Å². The van der Waals surface area contributed by atoms with Gasteiger partial charge in [-0.3, -0.25) is 0 Å². The van der Waals surface area contributed by atoms with Crippen molar-refractivity contribution in [2.75, 3.05) is 7.05 Å². The van der Waals surface area contributed by atoms with Crippen LogP contribution in [0, 0.1) is 5.92 Å². The Kier molecular flexibility index (Phi) is 4.68. The van der Waals surface area contributed by atoms with Crippen molar-refractivity contribution in [2.24, 2.45) is 5.92 Å². The first-order chi connectivity index (χ1) is 9.30. The summed E-state index contributed by atoms with van der Waals surface area (Å²) in [6.07, 6.45) is 4.15. The fourth-order valence-electron chi connectivity index (χ4n) is 2.49. The molecule has 102 valence electrons. The first-order valence-electron chi connectivity index (χ1n) is 6.95. The van der Waals surface area contributed by atoms with Gasteiger partial charge in [0.05, 0.1) is 17.9 Å². The van der Waals surface area contributed by atoms with E-state index in [4.69, 9.17) is 0 Å².